The van der Waals surface area contributed by atoms with E-state index in [1.54, 1.807) is 19.1 Å². The minimum atomic E-state index is -0.530. The van der Waals surface area contributed by atoms with Crippen LogP contribution in [0.1, 0.15) is 31.1 Å². The van der Waals surface area contributed by atoms with Crippen LogP contribution < -0.4 is 32.6 Å². The number of benzene rings is 1. The van der Waals surface area contributed by atoms with Gasteiger partial charge in [0, 0.05) is 49.8 Å². The van der Waals surface area contributed by atoms with Crippen molar-refractivity contribution in [3.8, 4) is 0 Å². The lowest BCUT2D eigenvalue weighted by atomic mass is 10.2. The van der Waals surface area contributed by atoms with E-state index in [0.717, 1.165) is 31.9 Å². The van der Waals surface area contributed by atoms with Crippen LogP contribution in [-0.2, 0) is 0 Å². The van der Waals surface area contributed by atoms with Crippen molar-refractivity contribution in [2.75, 3.05) is 41.7 Å². The summed E-state index contributed by atoms with van der Waals surface area (Å²) in [6.07, 6.45) is 4.44. The second kappa shape index (κ2) is 10.7. The Labute approximate surface area is 194 Å². The third-order valence-electron chi connectivity index (χ3n) is 5.76. The fourth-order valence-electron chi connectivity index (χ4n) is 3.73. The predicted molar refractivity (Wildman–Crippen MR) is 134 cm³/mol. The van der Waals surface area contributed by atoms with Crippen LogP contribution in [0.25, 0.3) is 0 Å². The molecule has 2 aromatic rings. The molecule has 0 atom stereocenters. The monoisotopic (exact) mass is 451 g/mol. The number of H-pyrrole nitrogens is 1. The third-order valence-corrected chi connectivity index (χ3v) is 5.76. The largest absolute Gasteiger partial charge is 0.405 e. The number of anilines is 3. The Morgan fingerprint density at radius 2 is 1.76 bits per heavy atom. The molecule has 0 radical (unpaired) electrons. The van der Waals surface area contributed by atoms with Crippen molar-refractivity contribution in [1.29, 1.82) is 0 Å². The van der Waals surface area contributed by atoms with Gasteiger partial charge in [0.15, 0.2) is 0 Å². The molecule has 1 amide bonds. The molecule has 3 rings (SSSR count). The molecule has 7 N–H and O–H groups in total. The number of piperazine rings is 1. The smallest absolute Gasteiger partial charge is 0.263 e. The number of nitrogens with one attached hydrogen (secondary N) is 3. The highest BCUT2D eigenvalue weighted by Crippen LogP contribution is 2.21. The molecular formula is C24H33N7O2. The SMILES string of the molecule is CC(/C=C\N)=C(/N)Nc1cc[nH]c(=O)c1C(=O)Nc1ccc(N2CCN(C(C)C)CC2)cc1. The summed E-state index contributed by atoms with van der Waals surface area (Å²) in [5, 5.41) is 5.73. The number of allylic oxidation sites excluding steroid dienone is 2. The summed E-state index contributed by atoms with van der Waals surface area (Å²) in [5.41, 5.74) is 13.5. The van der Waals surface area contributed by atoms with Gasteiger partial charge in [0.1, 0.15) is 11.4 Å². The molecule has 1 aromatic carbocycles. The number of hydrogen-bond acceptors (Lipinski definition) is 7. The summed E-state index contributed by atoms with van der Waals surface area (Å²) in [6, 6.07) is 9.80. The highest BCUT2D eigenvalue weighted by molar-refractivity contribution is 6.07. The lowest BCUT2D eigenvalue weighted by Crippen LogP contribution is -2.48. The normalized spacial score (nSPS) is 15.6. The van der Waals surface area contributed by atoms with Gasteiger partial charge in [-0.3, -0.25) is 14.5 Å². The van der Waals surface area contributed by atoms with Crippen molar-refractivity contribution in [2.45, 2.75) is 26.8 Å². The highest BCUT2D eigenvalue weighted by Gasteiger charge is 2.20. The van der Waals surface area contributed by atoms with E-state index >= 15 is 0 Å². The topological polar surface area (TPSA) is 133 Å². The first-order chi connectivity index (χ1) is 15.8. The Morgan fingerprint density at radius 3 is 2.36 bits per heavy atom. The number of aromatic nitrogens is 1. The van der Waals surface area contributed by atoms with Gasteiger partial charge in [-0.1, -0.05) is 0 Å². The van der Waals surface area contributed by atoms with Crippen molar-refractivity contribution in [2.24, 2.45) is 11.5 Å². The van der Waals surface area contributed by atoms with Gasteiger partial charge in [-0.2, -0.15) is 0 Å². The van der Waals surface area contributed by atoms with Crippen LogP contribution in [0.3, 0.4) is 0 Å². The Hall–Kier alpha value is -3.72. The summed E-state index contributed by atoms with van der Waals surface area (Å²) < 4.78 is 0. The Bertz CT molecular complexity index is 1080. The Morgan fingerprint density at radius 1 is 1.09 bits per heavy atom. The van der Waals surface area contributed by atoms with E-state index in [1.807, 2.05) is 24.3 Å². The summed E-state index contributed by atoms with van der Waals surface area (Å²) in [5.74, 6) is -0.240. The summed E-state index contributed by atoms with van der Waals surface area (Å²) >= 11 is 0. The number of pyridine rings is 1. The van der Waals surface area contributed by atoms with Crippen LogP contribution >= 0.6 is 0 Å². The standard InChI is InChI=1S/C24H33N7O2/c1-16(2)30-12-14-31(15-13-30)19-6-4-18(5-7-19)28-24(33)21-20(9-11-27-23(21)32)29-22(26)17(3)8-10-25/h4-11,16H,12-15,25-26H2,1-3H3,(H,28,33)(H2,27,29,32)/b10-8-,22-17+. The average molecular weight is 452 g/mol. The zero-order chi connectivity index (χ0) is 24.0. The highest BCUT2D eigenvalue weighted by atomic mass is 16.2. The second-order valence-corrected chi connectivity index (χ2v) is 8.29. The number of aromatic amines is 1. The van der Waals surface area contributed by atoms with Gasteiger partial charge in [0.25, 0.3) is 11.5 Å². The molecule has 9 nitrogen and oxygen atoms in total. The van der Waals surface area contributed by atoms with Gasteiger partial charge in [0.2, 0.25) is 0 Å². The fraction of sp³-hybridized carbons (Fsp3) is 0.333. The van der Waals surface area contributed by atoms with Crippen molar-refractivity contribution in [3.05, 3.63) is 76.1 Å². The van der Waals surface area contributed by atoms with E-state index in [0.29, 0.717) is 28.8 Å². The Balaban J connectivity index is 1.72. The van der Waals surface area contributed by atoms with E-state index in [-0.39, 0.29) is 5.56 Å². The molecule has 1 saturated heterocycles. The minimum absolute atomic E-state index is 0.0566. The number of nitrogens with zero attached hydrogens (tertiary/aromatic N) is 2. The molecule has 1 aliphatic rings. The lowest BCUT2D eigenvalue weighted by Gasteiger charge is -2.38. The van der Waals surface area contributed by atoms with E-state index in [1.165, 1.54) is 12.4 Å². The first kappa shape index (κ1) is 23.9. The molecule has 0 aliphatic carbocycles. The molecule has 0 saturated carbocycles. The van der Waals surface area contributed by atoms with Crippen LogP contribution in [-0.4, -0.2) is 48.0 Å². The molecule has 0 spiro atoms. The number of carbonyl (C=O) groups is 1. The number of rotatable bonds is 7. The maximum atomic E-state index is 12.9. The molecule has 176 valence electrons. The van der Waals surface area contributed by atoms with Gasteiger partial charge in [0.05, 0.1) is 5.69 Å². The minimum Gasteiger partial charge on any atom is -0.405 e. The van der Waals surface area contributed by atoms with Gasteiger partial charge >= 0.3 is 0 Å². The van der Waals surface area contributed by atoms with Crippen molar-refractivity contribution in [1.82, 2.24) is 9.88 Å². The third kappa shape index (κ3) is 5.95. The summed E-state index contributed by atoms with van der Waals surface area (Å²) in [6.45, 7) is 10.2. The van der Waals surface area contributed by atoms with E-state index in [9.17, 15) is 9.59 Å². The molecule has 9 heteroatoms. The molecule has 0 unspecified atom stereocenters. The van der Waals surface area contributed by atoms with Gasteiger partial charge in [-0.15, -0.1) is 0 Å². The van der Waals surface area contributed by atoms with Gasteiger partial charge < -0.3 is 32.0 Å². The molecule has 1 aliphatic heterocycles. The van der Waals surface area contributed by atoms with Gasteiger partial charge in [-0.25, -0.2) is 0 Å². The molecule has 1 fully saturated rings. The zero-order valence-corrected chi connectivity index (χ0v) is 19.4. The first-order valence-corrected chi connectivity index (χ1v) is 11.0. The van der Waals surface area contributed by atoms with Gasteiger partial charge in [-0.05, 0) is 69.0 Å². The second-order valence-electron chi connectivity index (χ2n) is 8.29. The van der Waals surface area contributed by atoms with E-state index < -0.39 is 11.5 Å². The maximum Gasteiger partial charge on any atom is 0.263 e. The van der Waals surface area contributed by atoms with Crippen LogP contribution in [0.4, 0.5) is 17.1 Å². The van der Waals surface area contributed by atoms with Crippen molar-refractivity contribution < 1.29 is 4.79 Å². The summed E-state index contributed by atoms with van der Waals surface area (Å²) in [7, 11) is 0. The lowest BCUT2D eigenvalue weighted by molar-refractivity contribution is 0.102. The number of amides is 1. The van der Waals surface area contributed by atoms with Crippen LogP contribution in [0, 0.1) is 0 Å². The Kier molecular flexibility index (Phi) is 7.78. The number of hydrogen-bond donors (Lipinski definition) is 5. The molecule has 33 heavy (non-hydrogen) atoms. The summed E-state index contributed by atoms with van der Waals surface area (Å²) in [4.78, 5) is 32.7. The number of nitrogens with two attached hydrogens (primary N) is 2. The predicted octanol–water partition coefficient (Wildman–Crippen LogP) is 2.23. The quantitative estimate of drug-likeness (QED) is 0.408. The van der Waals surface area contributed by atoms with E-state index in [2.05, 4.69) is 39.3 Å². The molecular weight excluding hydrogens is 418 g/mol. The van der Waals surface area contributed by atoms with E-state index in [4.69, 9.17) is 11.5 Å². The molecule has 2 heterocycles. The van der Waals surface area contributed by atoms with Crippen LogP contribution in [0.2, 0.25) is 0 Å². The number of carbonyl (C=O) groups excluding carboxylic acids is 1. The first-order valence-electron chi connectivity index (χ1n) is 11.0. The van der Waals surface area contributed by atoms with Crippen molar-refractivity contribution >= 4 is 23.0 Å². The average Bonchev–Trinajstić information content (AvgIpc) is 2.79. The fourth-order valence-corrected chi connectivity index (χ4v) is 3.73. The van der Waals surface area contributed by atoms with Crippen LogP contribution in [0.5, 0.6) is 0 Å². The molecule has 0 bridgehead atoms. The molecule has 1 aromatic heterocycles. The zero-order valence-electron chi connectivity index (χ0n) is 19.4. The maximum absolute atomic E-state index is 12.9. The van der Waals surface area contributed by atoms with Crippen molar-refractivity contribution in [3.63, 3.8) is 0 Å². The van der Waals surface area contributed by atoms with Crippen LogP contribution in [0.15, 0.2) is 65.0 Å².